The molecule has 33 heavy (non-hydrogen) atoms. The molecule has 0 aromatic rings. The highest BCUT2D eigenvalue weighted by atomic mass is 16.4. The van der Waals surface area contributed by atoms with Crippen LogP contribution in [0.25, 0.3) is 0 Å². The van der Waals surface area contributed by atoms with Crippen molar-refractivity contribution in [1.29, 1.82) is 0 Å². The molecule has 3 aliphatic rings. The van der Waals surface area contributed by atoms with E-state index in [4.69, 9.17) is 26.2 Å². The summed E-state index contributed by atoms with van der Waals surface area (Å²) < 4.78 is 0. The molecule has 3 aliphatic heterocycles. The molecule has 12 nitrogen and oxygen atoms in total. The molecule has 0 amide bonds. The van der Waals surface area contributed by atoms with Gasteiger partial charge in [0, 0.05) is 0 Å². The summed E-state index contributed by atoms with van der Waals surface area (Å²) in [5.74, 6) is -2.72. The largest absolute Gasteiger partial charge is 0.480 e. The smallest absolute Gasteiger partial charge is 0.320 e. The molecule has 192 valence electrons. The molecule has 0 radical (unpaired) electrons. The highest BCUT2D eigenvalue weighted by Gasteiger charge is 2.21. The van der Waals surface area contributed by atoms with Crippen molar-refractivity contribution in [2.45, 2.75) is 83.0 Å². The van der Waals surface area contributed by atoms with Gasteiger partial charge in [-0.2, -0.15) is 0 Å². The van der Waals surface area contributed by atoms with Crippen LogP contribution >= 0.6 is 0 Å². The van der Waals surface area contributed by atoms with E-state index in [-0.39, 0.29) is 18.1 Å². The maximum Gasteiger partial charge on any atom is 0.320 e. The third kappa shape index (κ3) is 15.2. The molecule has 3 rings (SSSR count). The lowest BCUT2D eigenvalue weighted by molar-refractivity contribution is -0.140. The second-order valence-corrected chi connectivity index (χ2v) is 8.54. The lowest BCUT2D eigenvalue weighted by Gasteiger charge is -2.07. The molecule has 3 saturated heterocycles. The van der Waals surface area contributed by atoms with Crippen molar-refractivity contribution in [1.82, 2.24) is 16.0 Å². The number of carbonyl (C=O) groups is 4. The van der Waals surface area contributed by atoms with E-state index in [0.29, 0.717) is 12.3 Å². The van der Waals surface area contributed by atoms with Crippen LogP contribution in [0.5, 0.6) is 0 Å². The minimum Gasteiger partial charge on any atom is -0.480 e. The van der Waals surface area contributed by atoms with Crippen molar-refractivity contribution in [2.75, 3.05) is 19.6 Å². The molecule has 0 spiro atoms. The van der Waals surface area contributed by atoms with Gasteiger partial charge in [-0.1, -0.05) is 13.8 Å². The van der Waals surface area contributed by atoms with Crippen LogP contribution in [-0.2, 0) is 19.2 Å². The van der Waals surface area contributed by atoms with Gasteiger partial charge in [-0.05, 0) is 70.5 Å². The van der Waals surface area contributed by atoms with Gasteiger partial charge in [-0.15, -0.1) is 0 Å². The zero-order valence-electron chi connectivity index (χ0n) is 19.5. The highest BCUT2D eigenvalue weighted by Crippen LogP contribution is 2.05. The quantitative estimate of drug-likeness (QED) is 0.253. The van der Waals surface area contributed by atoms with Crippen LogP contribution in [0, 0.1) is 5.92 Å². The third-order valence-electron chi connectivity index (χ3n) is 5.12. The molecule has 3 fully saturated rings. The second kappa shape index (κ2) is 17.2. The molecule has 12 heteroatoms. The first-order valence-electron chi connectivity index (χ1n) is 11.3. The number of hydrogen-bond donors (Lipinski definition) is 8. The first-order valence-corrected chi connectivity index (χ1v) is 11.3. The topological polar surface area (TPSA) is 211 Å². The lowest BCUT2D eigenvalue weighted by atomic mass is 10.1. The molecular weight excluding hydrogens is 436 g/mol. The van der Waals surface area contributed by atoms with Gasteiger partial charge in [0.15, 0.2) is 0 Å². The maximum absolute atomic E-state index is 10.1. The number of rotatable bonds is 6. The van der Waals surface area contributed by atoms with Gasteiger partial charge in [0.1, 0.15) is 24.2 Å². The van der Waals surface area contributed by atoms with E-state index in [1.807, 2.05) is 13.8 Å². The number of hydrogen-bond acceptors (Lipinski definition) is 8. The number of carboxylic acids is 4. The predicted molar refractivity (Wildman–Crippen MR) is 121 cm³/mol. The fourth-order valence-corrected chi connectivity index (χ4v) is 3.29. The van der Waals surface area contributed by atoms with Crippen LogP contribution < -0.4 is 21.7 Å². The summed E-state index contributed by atoms with van der Waals surface area (Å²) in [7, 11) is 0. The van der Waals surface area contributed by atoms with Crippen molar-refractivity contribution in [3.8, 4) is 0 Å². The fourth-order valence-electron chi connectivity index (χ4n) is 3.29. The molecule has 0 aromatic carbocycles. The number of nitrogens with two attached hydrogens (primary N) is 1. The average molecular weight is 477 g/mol. The number of carboxylic acid groups (broad SMARTS) is 4. The first kappa shape index (κ1) is 30.7. The molecule has 4 atom stereocenters. The molecule has 0 aliphatic carbocycles. The van der Waals surface area contributed by atoms with E-state index in [2.05, 4.69) is 16.0 Å². The highest BCUT2D eigenvalue weighted by molar-refractivity contribution is 5.74. The van der Waals surface area contributed by atoms with Crippen LogP contribution in [0.1, 0.15) is 58.8 Å². The Labute approximate surface area is 194 Å². The zero-order chi connectivity index (χ0) is 25.4. The molecule has 0 unspecified atom stereocenters. The van der Waals surface area contributed by atoms with Crippen LogP contribution in [0.4, 0.5) is 0 Å². The van der Waals surface area contributed by atoms with E-state index in [1.54, 1.807) is 0 Å². The summed E-state index contributed by atoms with van der Waals surface area (Å²) in [6, 6.07) is -1.50. The normalized spacial score (nSPS) is 24.3. The Bertz CT molecular complexity index is 537. The summed E-state index contributed by atoms with van der Waals surface area (Å²) >= 11 is 0. The number of nitrogens with one attached hydrogen (secondary N) is 3. The molecular formula is C21H40N4O8. The summed E-state index contributed by atoms with van der Waals surface area (Å²) in [6.07, 6.45) is 5.90. The Hall–Kier alpha value is -2.28. The van der Waals surface area contributed by atoms with E-state index < -0.39 is 29.9 Å². The SMILES string of the molecule is CC(C)C[C@H](N)C(=O)O.O=C(O)[C@@H]1CCCN1.O=C(O)[C@@H]1CCCN1.O=C(O)[C@@H]1CCCN1. The van der Waals surface area contributed by atoms with Crippen LogP contribution in [0.3, 0.4) is 0 Å². The van der Waals surface area contributed by atoms with Crippen LogP contribution in [0.15, 0.2) is 0 Å². The average Bonchev–Trinajstić information content (AvgIpc) is 3.53. The second-order valence-electron chi connectivity index (χ2n) is 8.54. The van der Waals surface area contributed by atoms with E-state index >= 15 is 0 Å². The molecule has 9 N–H and O–H groups in total. The Morgan fingerprint density at radius 2 is 1.03 bits per heavy atom. The van der Waals surface area contributed by atoms with Crippen molar-refractivity contribution in [3.05, 3.63) is 0 Å². The zero-order valence-corrected chi connectivity index (χ0v) is 19.5. The monoisotopic (exact) mass is 476 g/mol. The maximum atomic E-state index is 10.1. The van der Waals surface area contributed by atoms with Gasteiger partial charge in [0.05, 0.1) is 0 Å². The van der Waals surface area contributed by atoms with E-state index in [1.165, 1.54) is 0 Å². The Balaban J connectivity index is 0.000000414. The van der Waals surface area contributed by atoms with Crippen molar-refractivity contribution in [3.63, 3.8) is 0 Å². The third-order valence-corrected chi connectivity index (χ3v) is 5.12. The predicted octanol–water partition coefficient (Wildman–Crippen LogP) is -0.0866. The lowest BCUT2D eigenvalue weighted by Crippen LogP contribution is -2.31. The summed E-state index contributed by atoms with van der Waals surface area (Å²) in [4.78, 5) is 40.5. The standard InChI is InChI=1S/C6H13NO2.3C5H9NO2/c1-4(2)3-5(7)6(8)9;3*7-5(8)4-2-1-3-6-4/h4-5H,3,7H2,1-2H3,(H,8,9);3*4,6H,1-3H2,(H,7,8)/t5-;3*4-/m0000/s1. The molecule has 0 saturated carbocycles. The van der Waals surface area contributed by atoms with Gasteiger partial charge in [0.25, 0.3) is 0 Å². The molecule has 0 bridgehead atoms. The van der Waals surface area contributed by atoms with Gasteiger partial charge in [-0.25, -0.2) is 0 Å². The van der Waals surface area contributed by atoms with Crippen molar-refractivity contribution < 1.29 is 39.6 Å². The van der Waals surface area contributed by atoms with E-state index in [9.17, 15) is 19.2 Å². The molecule has 3 heterocycles. The van der Waals surface area contributed by atoms with Crippen molar-refractivity contribution in [2.24, 2.45) is 11.7 Å². The van der Waals surface area contributed by atoms with Crippen LogP contribution in [-0.4, -0.2) is 88.1 Å². The number of aliphatic carboxylic acids is 4. The van der Waals surface area contributed by atoms with E-state index in [0.717, 1.165) is 58.2 Å². The Morgan fingerprint density at radius 3 is 1.12 bits per heavy atom. The summed E-state index contributed by atoms with van der Waals surface area (Å²) in [5.41, 5.74) is 5.22. The van der Waals surface area contributed by atoms with Gasteiger partial charge in [0.2, 0.25) is 0 Å². The Morgan fingerprint density at radius 1 is 0.727 bits per heavy atom. The van der Waals surface area contributed by atoms with Crippen molar-refractivity contribution >= 4 is 23.9 Å². The van der Waals surface area contributed by atoms with Crippen LogP contribution in [0.2, 0.25) is 0 Å². The van der Waals surface area contributed by atoms with Gasteiger partial charge >= 0.3 is 23.9 Å². The minimum atomic E-state index is -0.913. The Kier molecular flexibility index (Phi) is 16.0. The van der Waals surface area contributed by atoms with Gasteiger partial charge < -0.3 is 42.1 Å². The summed E-state index contributed by atoms with van der Waals surface area (Å²) in [6.45, 7) is 6.47. The minimum absolute atomic E-state index is 0.269. The fraction of sp³-hybridized carbons (Fsp3) is 0.810. The first-order chi connectivity index (χ1) is 15.5. The molecule has 0 aromatic heterocycles. The van der Waals surface area contributed by atoms with Gasteiger partial charge in [-0.3, -0.25) is 19.2 Å². The summed E-state index contributed by atoms with van der Waals surface area (Å²) in [5, 5.41) is 41.9.